The molecule has 6 heteroatoms. The van der Waals surface area contributed by atoms with Gasteiger partial charge in [0, 0.05) is 13.1 Å². The van der Waals surface area contributed by atoms with Gasteiger partial charge < -0.3 is 26.0 Å². The maximum atomic E-state index is 11.1. The highest BCUT2D eigenvalue weighted by Gasteiger charge is 2.09. The average molecular weight is 316 g/mol. The molecule has 0 fully saturated rings. The Balaban J connectivity index is 1.73. The molecular weight excluding hydrogens is 296 g/mol. The highest BCUT2D eigenvalue weighted by molar-refractivity contribution is 5.95. The predicted octanol–water partition coefficient (Wildman–Crippen LogP) is 1.19. The van der Waals surface area contributed by atoms with Gasteiger partial charge in [0.2, 0.25) is 0 Å². The Morgan fingerprint density at radius 2 is 1.96 bits per heavy atom. The zero-order chi connectivity index (χ0) is 16.7. The number of primary amides is 1. The van der Waals surface area contributed by atoms with Crippen LogP contribution in [0.5, 0.6) is 11.5 Å². The molecule has 0 spiro atoms. The molecule has 122 valence electrons. The van der Waals surface area contributed by atoms with Crippen molar-refractivity contribution >= 4 is 5.91 Å². The van der Waals surface area contributed by atoms with Crippen LogP contribution in [0.15, 0.2) is 48.5 Å². The number of amides is 1. The predicted molar refractivity (Wildman–Crippen MR) is 86.4 cm³/mol. The molecule has 0 aliphatic heterocycles. The fourth-order valence-corrected chi connectivity index (χ4v) is 2.08. The number of aliphatic hydroxyl groups is 1. The second-order valence-corrected chi connectivity index (χ2v) is 5.02. The Morgan fingerprint density at radius 3 is 2.65 bits per heavy atom. The Bertz CT molecular complexity index is 646. The molecule has 1 unspecified atom stereocenters. The highest BCUT2D eigenvalue weighted by Crippen LogP contribution is 2.22. The smallest absolute Gasteiger partial charge is 0.252 e. The first-order valence-corrected chi connectivity index (χ1v) is 7.27. The number of hydrogen-bond donors (Lipinski definition) is 4. The van der Waals surface area contributed by atoms with Crippen molar-refractivity contribution in [2.45, 2.75) is 6.10 Å². The standard InChI is InChI=1S/C17H20N2O4/c18-17(22)14-10-13(6-7-15(14)20)23-9-8-19-11-16(21)12-4-2-1-3-5-12/h1-7,10,16,19-21H,8-9,11H2,(H2,18,22). The number of carbonyl (C=O) groups is 1. The van der Waals surface area contributed by atoms with E-state index in [1.807, 2.05) is 30.3 Å². The molecule has 0 aliphatic rings. The molecule has 0 saturated carbocycles. The van der Waals surface area contributed by atoms with Crippen LogP contribution >= 0.6 is 0 Å². The zero-order valence-electron chi connectivity index (χ0n) is 12.6. The van der Waals surface area contributed by atoms with Crippen LogP contribution in [0.3, 0.4) is 0 Å². The molecule has 2 rings (SSSR count). The van der Waals surface area contributed by atoms with Gasteiger partial charge in [-0.15, -0.1) is 0 Å². The summed E-state index contributed by atoms with van der Waals surface area (Å²) >= 11 is 0. The van der Waals surface area contributed by atoms with E-state index in [0.717, 1.165) is 5.56 Å². The lowest BCUT2D eigenvalue weighted by Crippen LogP contribution is -2.26. The van der Waals surface area contributed by atoms with Gasteiger partial charge in [0.25, 0.3) is 5.91 Å². The lowest BCUT2D eigenvalue weighted by molar-refractivity contribution is 0.0997. The van der Waals surface area contributed by atoms with E-state index in [2.05, 4.69) is 5.32 Å². The normalized spacial score (nSPS) is 11.9. The van der Waals surface area contributed by atoms with Crippen LogP contribution in [0, 0.1) is 0 Å². The molecule has 0 radical (unpaired) electrons. The van der Waals surface area contributed by atoms with Gasteiger partial charge in [0.05, 0.1) is 11.7 Å². The van der Waals surface area contributed by atoms with E-state index in [4.69, 9.17) is 10.5 Å². The fourth-order valence-electron chi connectivity index (χ4n) is 2.08. The van der Waals surface area contributed by atoms with Gasteiger partial charge in [-0.2, -0.15) is 0 Å². The van der Waals surface area contributed by atoms with E-state index in [-0.39, 0.29) is 11.3 Å². The molecule has 5 N–H and O–H groups in total. The zero-order valence-corrected chi connectivity index (χ0v) is 12.6. The number of benzene rings is 2. The number of aromatic hydroxyl groups is 1. The Labute approximate surface area is 134 Å². The van der Waals surface area contributed by atoms with Crippen LogP contribution < -0.4 is 15.8 Å². The average Bonchev–Trinajstić information content (AvgIpc) is 2.56. The summed E-state index contributed by atoms with van der Waals surface area (Å²) in [6, 6.07) is 13.7. The summed E-state index contributed by atoms with van der Waals surface area (Å²) in [5.41, 5.74) is 6.03. The molecule has 2 aromatic rings. The second kappa shape index (κ2) is 8.17. The van der Waals surface area contributed by atoms with Crippen LogP contribution in [0.25, 0.3) is 0 Å². The van der Waals surface area contributed by atoms with Gasteiger partial charge in [0.1, 0.15) is 18.1 Å². The van der Waals surface area contributed by atoms with E-state index in [9.17, 15) is 15.0 Å². The largest absolute Gasteiger partial charge is 0.507 e. The number of rotatable bonds is 8. The molecule has 23 heavy (non-hydrogen) atoms. The van der Waals surface area contributed by atoms with Crippen LogP contribution in [0.2, 0.25) is 0 Å². The summed E-state index contributed by atoms with van der Waals surface area (Å²) in [6.07, 6.45) is -0.577. The monoisotopic (exact) mass is 316 g/mol. The molecule has 0 saturated heterocycles. The van der Waals surface area contributed by atoms with Crippen LogP contribution in [0.1, 0.15) is 22.0 Å². The van der Waals surface area contributed by atoms with E-state index >= 15 is 0 Å². The number of nitrogens with two attached hydrogens (primary N) is 1. The van der Waals surface area contributed by atoms with Crippen molar-refractivity contribution in [3.05, 3.63) is 59.7 Å². The minimum atomic E-state index is -0.711. The molecule has 1 amide bonds. The highest BCUT2D eigenvalue weighted by atomic mass is 16.5. The summed E-state index contributed by atoms with van der Waals surface area (Å²) in [5.74, 6) is -0.437. The van der Waals surface area contributed by atoms with E-state index in [1.54, 1.807) is 6.07 Å². The quantitative estimate of drug-likeness (QED) is 0.548. The van der Waals surface area contributed by atoms with E-state index < -0.39 is 12.0 Å². The molecular formula is C17H20N2O4. The Hall–Kier alpha value is -2.57. The Kier molecular flexibility index (Phi) is 5.96. The lowest BCUT2D eigenvalue weighted by Gasteiger charge is -2.13. The summed E-state index contributed by atoms with van der Waals surface area (Å²) in [4.78, 5) is 11.1. The maximum Gasteiger partial charge on any atom is 0.252 e. The third-order valence-electron chi connectivity index (χ3n) is 3.30. The fraction of sp³-hybridized carbons (Fsp3) is 0.235. The first-order chi connectivity index (χ1) is 11.1. The van der Waals surface area contributed by atoms with Crippen molar-refractivity contribution in [2.75, 3.05) is 19.7 Å². The van der Waals surface area contributed by atoms with Crippen molar-refractivity contribution in [1.82, 2.24) is 5.32 Å². The van der Waals surface area contributed by atoms with Crippen molar-refractivity contribution in [2.24, 2.45) is 5.73 Å². The van der Waals surface area contributed by atoms with Crippen molar-refractivity contribution in [3.8, 4) is 11.5 Å². The number of hydrogen-bond acceptors (Lipinski definition) is 5. The van der Waals surface area contributed by atoms with Gasteiger partial charge >= 0.3 is 0 Å². The third-order valence-corrected chi connectivity index (χ3v) is 3.30. The van der Waals surface area contributed by atoms with Gasteiger partial charge in [-0.25, -0.2) is 0 Å². The number of aliphatic hydroxyl groups excluding tert-OH is 1. The van der Waals surface area contributed by atoms with E-state index in [1.165, 1.54) is 12.1 Å². The summed E-state index contributed by atoms with van der Waals surface area (Å²) in [6.45, 7) is 1.29. The molecule has 0 aliphatic carbocycles. The molecule has 1 atom stereocenters. The minimum absolute atomic E-state index is 0.0231. The second-order valence-electron chi connectivity index (χ2n) is 5.02. The SMILES string of the molecule is NC(=O)c1cc(OCCNCC(O)c2ccccc2)ccc1O. The van der Waals surface area contributed by atoms with Crippen molar-refractivity contribution < 1.29 is 19.7 Å². The van der Waals surface area contributed by atoms with E-state index in [0.29, 0.717) is 25.4 Å². The first kappa shape index (κ1) is 16.8. The minimum Gasteiger partial charge on any atom is -0.507 e. The van der Waals surface area contributed by atoms with Gasteiger partial charge in [-0.05, 0) is 23.8 Å². The lowest BCUT2D eigenvalue weighted by atomic mass is 10.1. The summed E-state index contributed by atoms with van der Waals surface area (Å²) < 4.78 is 5.48. The van der Waals surface area contributed by atoms with Gasteiger partial charge in [-0.3, -0.25) is 4.79 Å². The van der Waals surface area contributed by atoms with Crippen LogP contribution in [-0.2, 0) is 0 Å². The number of nitrogens with one attached hydrogen (secondary N) is 1. The summed E-state index contributed by atoms with van der Waals surface area (Å²) in [7, 11) is 0. The van der Waals surface area contributed by atoms with Crippen molar-refractivity contribution in [3.63, 3.8) is 0 Å². The van der Waals surface area contributed by atoms with Crippen molar-refractivity contribution in [1.29, 1.82) is 0 Å². The van der Waals surface area contributed by atoms with Gasteiger partial charge in [-0.1, -0.05) is 30.3 Å². The topological polar surface area (TPSA) is 105 Å². The number of carbonyl (C=O) groups excluding carboxylic acids is 1. The molecule has 0 aromatic heterocycles. The third kappa shape index (κ3) is 4.98. The summed E-state index contributed by atoms with van der Waals surface area (Å²) in [5, 5.41) is 22.6. The molecule has 6 nitrogen and oxygen atoms in total. The Morgan fingerprint density at radius 1 is 1.22 bits per heavy atom. The van der Waals surface area contributed by atoms with Crippen LogP contribution in [0.4, 0.5) is 0 Å². The number of phenols is 1. The molecule has 0 heterocycles. The maximum absolute atomic E-state index is 11.1. The van der Waals surface area contributed by atoms with Crippen LogP contribution in [-0.4, -0.2) is 35.8 Å². The first-order valence-electron chi connectivity index (χ1n) is 7.27. The molecule has 0 bridgehead atoms. The number of ether oxygens (including phenoxy) is 1. The van der Waals surface area contributed by atoms with Gasteiger partial charge in [0.15, 0.2) is 0 Å². The molecule has 2 aromatic carbocycles.